The first kappa shape index (κ1) is 16.6. The first-order chi connectivity index (χ1) is 11.6. The zero-order chi connectivity index (χ0) is 16.9. The number of likely N-dealkylation sites (N-methyl/N-ethyl adjacent to an activating group) is 1. The van der Waals surface area contributed by atoms with Crippen LogP contribution in [0.15, 0.2) is 24.3 Å². The molecule has 3 amide bonds. The van der Waals surface area contributed by atoms with Crippen LogP contribution in [0.2, 0.25) is 0 Å². The van der Waals surface area contributed by atoms with Gasteiger partial charge in [0, 0.05) is 38.2 Å². The van der Waals surface area contributed by atoms with E-state index >= 15 is 0 Å². The first-order valence-electron chi connectivity index (χ1n) is 8.36. The van der Waals surface area contributed by atoms with Crippen LogP contribution in [0.5, 0.6) is 5.75 Å². The second-order valence-electron chi connectivity index (χ2n) is 6.24. The fraction of sp³-hybridized carbons (Fsp3) is 0.529. The lowest BCUT2D eigenvalue weighted by Crippen LogP contribution is -2.51. The maximum Gasteiger partial charge on any atom is 0.315 e. The summed E-state index contributed by atoms with van der Waals surface area (Å²) in [4.78, 5) is 28.2. The van der Waals surface area contributed by atoms with E-state index in [1.165, 1.54) is 0 Å². The highest BCUT2D eigenvalue weighted by molar-refractivity contribution is 5.84. The van der Waals surface area contributed by atoms with Crippen molar-refractivity contribution in [1.29, 1.82) is 0 Å². The maximum absolute atomic E-state index is 12.1. The Hall–Kier alpha value is -2.28. The Labute approximate surface area is 141 Å². The van der Waals surface area contributed by atoms with Crippen LogP contribution in [0.4, 0.5) is 4.79 Å². The largest absolute Gasteiger partial charge is 0.493 e. The molecular formula is C17H24N4O3. The van der Waals surface area contributed by atoms with Crippen molar-refractivity contribution in [2.45, 2.75) is 12.5 Å². The standard InChI is InChI=1S/C17H24N4O3/c1-20-7-9-21(10-8-20)16(22)12-18-17(23)19-14-6-11-24-15-5-3-2-4-13(14)15/h2-5,14H,6-12H2,1H3,(H2,18,19,23). The molecule has 1 aromatic rings. The third kappa shape index (κ3) is 3.97. The van der Waals surface area contributed by atoms with Gasteiger partial charge in [-0.2, -0.15) is 0 Å². The van der Waals surface area contributed by atoms with Gasteiger partial charge in [0.1, 0.15) is 5.75 Å². The Morgan fingerprint density at radius 2 is 1.96 bits per heavy atom. The van der Waals surface area contributed by atoms with Crippen molar-refractivity contribution in [1.82, 2.24) is 20.4 Å². The fourth-order valence-electron chi connectivity index (χ4n) is 3.02. The topological polar surface area (TPSA) is 73.9 Å². The summed E-state index contributed by atoms with van der Waals surface area (Å²) in [6.07, 6.45) is 0.719. The molecule has 7 heteroatoms. The molecule has 0 spiro atoms. The van der Waals surface area contributed by atoms with Gasteiger partial charge < -0.3 is 25.2 Å². The lowest BCUT2D eigenvalue weighted by molar-refractivity contribution is -0.131. The van der Waals surface area contributed by atoms with E-state index in [0.717, 1.165) is 30.8 Å². The minimum atomic E-state index is -0.320. The van der Waals surface area contributed by atoms with Crippen molar-refractivity contribution >= 4 is 11.9 Å². The van der Waals surface area contributed by atoms with Crippen LogP contribution in [0.3, 0.4) is 0 Å². The van der Waals surface area contributed by atoms with Crippen molar-refractivity contribution in [2.24, 2.45) is 0 Å². The highest BCUT2D eigenvalue weighted by Gasteiger charge is 2.23. The van der Waals surface area contributed by atoms with Crippen molar-refractivity contribution in [3.63, 3.8) is 0 Å². The number of piperazine rings is 1. The second-order valence-corrected chi connectivity index (χ2v) is 6.24. The molecule has 0 aliphatic carbocycles. The molecule has 1 unspecified atom stereocenters. The molecule has 1 aromatic carbocycles. The lowest BCUT2D eigenvalue weighted by Gasteiger charge is -2.32. The molecule has 0 radical (unpaired) electrons. The number of hydrogen-bond acceptors (Lipinski definition) is 4. The van der Waals surface area contributed by atoms with Gasteiger partial charge in [-0.25, -0.2) is 4.79 Å². The molecule has 3 rings (SSSR count). The number of carbonyl (C=O) groups is 2. The summed E-state index contributed by atoms with van der Waals surface area (Å²) in [7, 11) is 2.04. The summed E-state index contributed by atoms with van der Waals surface area (Å²) >= 11 is 0. The van der Waals surface area contributed by atoms with Crippen LogP contribution in [0, 0.1) is 0 Å². The van der Waals surface area contributed by atoms with E-state index in [0.29, 0.717) is 19.7 Å². The minimum Gasteiger partial charge on any atom is -0.493 e. The molecule has 1 fully saturated rings. The molecule has 24 heavy (non-hydrogen) atoms. The number of ether oxygens (including phenoxy) is 1. The van der Waals surface area contributed by atoms with E-state index in [-0.39, 0.29) is 24.5 Å². The van der Waals surface area contributed by atoms with Crippen LogP contribution in [0.1, 0.15) is 18.0 Å². The third-order valence-electron chi connectivity index (χ3n) is 4.52. The van der Waals surface area contributed by atoms with Crippen molar-refractivity contribution in [2.75, 3.05) is 46.4 Å². The lowest BCUT2D eigenvalue weighted by atomic mass is 10.0. The number of para-hydroxylation sites is 1. The third-order valence-corrected chi connectivity index (χ3v) is 4.52. The van der Waals surface area contributed by atoms with E-state index in [2.05, 4.69) is 15.5 Å². The van der Waals surface area contributed by atoms with Crippen LogP contribution in [-0.4, -0.2) is 68.1 Å². The minimum absolute atomic E-state index is 0.0282. The van der Waals surface area contributed by atoms with Gasteiger partial charge in [0.05, 0.1) is 19.2 Å². The van der Waals surface area contributed by atoms with Gasteiger partial charge in [-0.3, -0.25) is 4.79 Å². The summed E-state index contributed by atoms with van der Waals surface area (Å²) in [5.41, 5.74) is 0.976. The Balaban J connectivity index is 1.47. The molecule has 130 valence electrons. The number of urea groups is 1. The predicted octanol–water partition coefficient (Wildman–Crippen LogP) is 0.583. The molecule has 2 aliphatic heterocycles. The van der Waals surface area contributed by atoms with Gasteiger partial charge in [0.2, 0.25) is 5.91 Å². The van der Waals surface area contributed by atoms with Crippen molar-refractivity contribution < 1.29 is 14.3 Å². The number of benzene rings is 1. The van der Waals surface area contributed by atoms with Crippen LogP contribution >= 0.6 is 0 Å². The van der Waals surface area contributed by atoms with Crippen molar-refractivity contribution in [3.8, 4) is 5.75 Å². The SMILES string of the molecule is CN1CCN(C(=O)CNC(=O)NC2CCOc3ccccc32)CC1. The van der Waals surface area contributed by atoms with Gasteiger partial charge in [0.25, 0.3) is 0 Å². The fourth-order valence-corrected chi connectivity index (χ4v) is 3.02. The molecule has 2 aliphatic rings. The van der Waals surface area contributed by atoms with Gasteiger partial charge in [0.15, 0.2) is 0 Å². The van der Waals surface area contributed by atoms with Gasteiger partial charge in [-0.15, -0.1) is 0 Å². The molecule has 2 heterocycles. The van der Waals surface area contributed by atoms with E-state index in [4.69, 9.17) is 4.74 Å². The van der Waals surface area contributed by atoms with Gasteiger partial charge >= 0.3 is 6.03 Å². The number of nitrogens with zero attached hydrogens (tertiary/aromatic N) is 2. The molecule has 0 saturated carbocycles. The Kier molecular flexibility index (Phi) is 5.20. The van der Waals surface area contributed by atoms with Crippen LogP contribution in [0.25, 0.3) is 0 Å². The molecule has 7 nitrogen and oxygen atoms in total. The van der Waals surface area contributed by atoms with Gasteiger partial charge in [-0.05, 0) is 13.1 Å². The number of hydrogen-bond donors (Lipinski definition) is 2. The van der Waals surface area contributed by atoms with Gasteiger partial charge in [-0.1, -0.05) is 18.2 Å². The molecule has 1 saturated heterocycles. The summed E-state index contributed by atoms with van der Waals surface area (Å²) in [5, 5.41) is 5.60. The van der Waals surface area contributed by atoms with Crippen molar-refractivity contribution in [3.05, 3.63) is 29.8 Å². The molecule has 2 N–H and O–H groups in total. The van der Waals surface area contributed by atoms with Crippen LogP contribution < -0.4 is 15.4 Å². The number of amides is 3. The van der Waals surface area contributed by atoms with E-state index < -0.39 is 0 Å². The highest BCUT2D eigenvalue weighted by atomic mass is 16.5. The highest BCUT2D eigenvalue weighted by Crippen LogP contribution is 2.31. The molecule has 1 atom stereocenters. The van der Waals surface area contributed by atoms with E-state index in [9.17, 15) is 9.59 Å². The van der Waals surface area contributed by atoms with E-state index in [1.807, 2.05) is 31.3 Å². The first-order valence-corrected chi connectivity index (χ1v) is 8.36. The molecule has 0 aromatic heterocycles. The molecular weight excluding hydrogens is 308 g/mol. The number of rotatable bonds is 3. The normalized spacial score (nSPS) is 20.7. The summed E-state index contributed by atoms with van der Waals surface area (Å²) < 4.78 is 5.58. The quantitative estimate of drug-likeness (QED) is 0.849. The number of nitrogens with one attached hydrogen (secondary N) is 2. The predicted molar refractivity (Wildman–Crippen MR) is 89.9 cm³/mol. The average molecular weight is 332 g/mol. The zero-order valence-electron chi connectivity index (χ0n) is 14.0. The summed E-state index contributed by atoms with van der Waals surface area (Å²) in [6, 6.07) is 7.28. The maximum atomic E-state index is 12.1. The average Bonchev–Trinajstić information content (AvgIpc) is 2.61. The smallest absolute Gasteiger partial charge is 0.315 e. The monoisotopic (exact) mass is 332 g/mol. The van der Waals surface area contributed by atoms with Crippen LogP contribution in [-0.2, 0) is 4.79 Å². The Bertz CT molecular complexity index is 599. The number of carbonyl (C=O) groups excluding carboxylic acids is 2. The molecule has 0 bridgehead atoms. The second kappa shape index (κ2) is 7.53. The Morgan fingerprint density at radius 3 is 2.75 bits per heavy atom. The number of fused-ring (bicyclic) bond motifs is 1. The Morgan fingerprint density at radius 1 is 1.21 bits per heavy atom. The summed E-state index contributed by atoms with van der Waals surface area (Å²) in [5.74, 6) is 0.771. The zero-order valence-corrected chi connectivity index (χ0v) is 14.0. The summed E-state index contributed by atoms with van der Waals surface area (Å²) in [6.45, 7) is 3.77. The van der Waals surface area contributed by atoms with E-state index in [1.54, 1.807) is 4.90 Å².